The summed E-state index contributed by atoms with van der Waals surface area (Å²) in [7, 11) is 2.03. The normalized spacial score (nSPS) is 10.2. The lowest BCUT2D eigenvalue weighted by atomic mass is 10.2. The van der Waals surface area contributed by atoms with Crippen molar-refractivity contribution in [3.05, 3.63) is 30.3 Å². The van der Waals surface area contributed by atoms with Gasteiger partial charge in [-0.3, -0.25) is 4.79 Å². The Kier molecular flexibility index (Phi) is 7.66. The smallest absolute Gasteiger partial charge is 0.220 e. The molecule has 3 N–H and O–H groups in total. The lowest BCUT2D eigenvalue weighted by Crippen LogP contribution is -2.32. The van der Waals surface area contributed by atoms with E-state index in [1.807, 2.05) is 25.2 Å². The Balaban J connectivity index is 2.11. The number of carbonyl (C=O) groups excluding carboxylic acids is 1. The van der Waals surface area contributed by atoms with E-state index in [0.29, 0.717) is 19.5 Å². The average molecular weight is 263 g/mol. The van der Waals surface area contributed by atoms with Gasteiger partial charge in [0.15, 0.2) is 0 Å². The van der Waals surface area contributed by atoms with Gasteiger partial charge in [-0.15, -0.1) is 0 Å². The minimum atomic E-state index is 0.137. The molecule has 1 rings (SSSR count). The molecule has 0 aliphatic rings. The van der Waals surface area contributed by atoms with Gasteiger partial charge in [-0.05, 0) is 31.5 Å². The Morgan fingerprint density at radius 1 is 1.21 bits per heavy atom. The number of likely N-dealkylation sites (N-methyl/N-ethyl adjacent to an activating group) is 1. The first-order chi connectivity index (χ1) is 9.24. The van der Waals surface area contributed by atoms with Crippen LogP contribution in [0.5, 0.6) is 0 Å². The Hall–Kier alpha value is -1.55. The van der Waals surface area contributed by atoms with Gasteiger partial charge in [0, 0.05) is 32.2 Å². The molecule has 0 fully saturated rings. The Labute approximate surface area is 116 Å². The van der Waals surface area contributed by atoms with Crippen LogP contribution in [0.2, 0.25) is 0 Å². The number of anilines is 1. The zero-order valence-electron chi connectivity index (χ0n) is 11.8. The van der Waals surface area contributed by atoms with Crippen molar-refractivity contribution >= 4 is 11.6 Å². The van der Waals surface area contributed by atoms with Gasteiger partial charge in [0.25, 0.3) is 0 Å². The molecular weight excluding hydrogens is 238 g/mol. The van der Waals surface area contributed by atoms with Crippen molar-refractivity contribution in [3.63, 3.8) is 0 Å². The molecule has 0 unspecified atom stereocenters. The number of rotatable bonds is 9. The minimum Gasteiger partial charge on any atom is -0.373 e. The van der Waals surface area contributed by atoms with Crippen LogP contribution < -0.4 is 16.0 Å². The highest BCUT2D eigenvalue weighted by molar-refractivity contribution is 5.75. The summed E-state index contributed by atoms with van der Waals surface area (Å²) in [6.07, 6.45) is 3.57. The fourth-order valence-electron chi connectivity index (χ4n) is 1.87. The van der Waals surface area contributed by atoms with Crippen molar-refractivity contribution in [2.75, 3.05) is 31.6 Å². The third-order valence-corrected chi connectivity index (χ3v) is 3.07. The van der Waals surface area contributed by atoms with Gasteiger partial charge in [-0.25, -0.2) is 0 Å². The first kappa shape index (κ1) is 15.5. The number of unbranched alkanes of at least 4 members (excludes halogenated alkanes) is 2. The number of para-hydroxylation sites is 1. The van der Waals surface area contributed by atoms with Crippen LogP contribution in [0.4, 0.5) is 5.69 Å². The molecule has 0 saturated carbocycles. The van der Waals surface area contributed by atoms with Gasteiger partial charge in [-0.2, -0.15) is 0 Å². The van der Waals surface area contributed by atoms with Crippen LogP contribution in [0.25, 0.3) is 0 Å². The summed E-state index contributed by atoms with van der Waals surface area (Å²) < 4.78 is 0. The molecule has 1 amide bonds. The van der Waals surface area contributed by atoms with Crippen LogP contribution in [-0.4, -0.2) is 32.6 Å². The highest BCUT2D eigenvalue weighted by Crippen LogP contribution is 2.09. The summed E-state index contributed by atoms with van der Waals surface area (Å²) in [6.45, 7) is 2.21. The van der Waals surface area contributed by atoms with Crippen LogP contribution in [0.1, 0.15) is 25.7 Å². The van der Waals surface area contributed by atoms with Crippen LogP contribution in [-0.2, 0) is 4.79 Å². The fourth-order valence-corrected chi connectivity index (χ4v) is 1.87. The largest absolute Gasteiger partial charge is 0.373 e. The maximum atomic E-state index is 11.6. The molecule has 0 saturated heterocycles. The van der Waals surface area contributed by atoms with Crippen LogP contribution in [0, 0.1) is 0 Å². The van der Waals surface area contributed by atoms with E-state index in [1.165, 1.54) is 5.69 Å². The van der Waals surface area contributed by atoms with E-state index in [0.717, 1.165) is 25.8 Å². The first-order valence-electron chi connectivity index (χ1n) is 6.97. The molecule has 0 aliphatic heterocycles. The van der Waals surface area contributed by atoms with Crippen molar-refractivity contribution in [1.82, 2.24) is 5.32 Å². The van der Waals surface area contributed by atoms with Crippen molar-refractivity contribution < 1.29 is 4.79 Å². The van der Waals surface area contributed by atoms with Crippen molar-refractivity contribution in [1.29, 1.82) is 0 Å². The maximum absolute atomic E-state index is 11.6. The number of benzene rings is 1. The zero-order valence-corrected chi connectivity index (χ0v) is 11.8. The zero-order chi connectivity index (χ0) is 13.9. The highest BCUT2D eigenvalue weighted by Gasteiger charge is 2.02. The SMILES string of the molecule is CN(CCNC(=O)CCCCCN)c1ccccc1. The monoisotopic (exact) mass is 263 g/mol. The second-order valence-electron chi connectivity index (χ2n) is 4.71. The number of amides is 1. The van der Waals surface area contributed by atoms with E-state index >= 15 is 0 Å². The second kappa shape index (κ2) is 9.39. The molecule has 0 aromatic heterocycles. The molecule has 4 heteroatoms. The Morgan fingerprint density at radius 3 is 2.63 bits per heavy atom. The lowest BCUT2D eigenvalue weighted by Gasteiger charge is -2.19. The van der Waals surface area contributed by atoms with E-state index in [2.05, 4.69) is 22.3 Å². The maximum Gasteiger partial charge on any atom is 0.220 e. The van der Waals surface area contributed by atoms with Gasteiger partial charge in [0.2, 0.25) is 5.91 Å². The Bertz CT molecular complexity index is 354. The highest BCUT2D eigenvalue weighted by atomic mass is 16.1. The second-order valence-corrected chi connectivity index (χ2v) is 4.71. The number of hydrogen-bond acceptors (Lipinski definition) is 3. The Morgan fingerprint density at radius 2 is 1.95 bits per heavy atom. The van der Waals surface area contributed by atoms with Gasteiger partial charge >= 0.3 is 0 Å². The predicted octanol–water partition coefficient (Wildman–Crippen LogP) is 1.76. The standard InChI is InChI=1S/C15H25N3O/c1-18(14-8-4-2-5-9-14)13-12-17-15(19)10-6-3-7-11-16/h2,4-5,8-9H,3,6-7,10-13,16H2,1H3,(H,17,19). The summed E-state index contributed by atoms with van der Waals surface area (Å²) in [4.78, 5) is 13.7. The van der Waals surface area contributed by atoms with Gasteiger partial charge in [0.05, 0.1) is 0 Å². The van der Waals surface area contributed by atoms with E-state index in [4.69, 9.17) is 5.73 Å². The van der Waals surface area contributed by atoms with Gasteiger partial charge in [0.1, 0.15) is 0 Å². The molecule has 0 spiro atoms. The summed E-state index contributed by atoms with van der Waals surface area (Å²) in [5.74, 6) is 0.137. The topological polar surface area (TPSA) is 58.4 Å². The van der Waals surface area contributed by atoms with E-state index in [1.54, 1.807) is 0 Å². The predicted molar refractivity (Wildman–Crippen MR) is 80.2 cm³/mol. The quantitative estimate of drug-likeness (QED) is 0.667. The van der Waals surface area contributed by atoms with Crippen LogP contribution in [0.3, 0.4) is 0 Å². The van der Waals surface area contributed by atoms with Crippen molar-refractivity contribution in [2.24, 2.45) is 5.73 Å². The number of nitrogens with one attached hydrogen (secondary N) is 1. The molecule has 106 valence electrons. The molecule has 19 heavy (non-hydrogen) atoms. The van der Waals surface area contributed by atoms with E-state index in [9.17, 15) is 4.79 Å². The molecule has 1 aromatic rings. The molecular formula is C15H25N3O. The lowest BCUT2D eigenvalue weighted by molar-refractivity contribution is -0.121. The molecule has 4 nitrogen and oxygen atoms in total. The third kappa shape index (κ3) is 6.82. The summed E-state index contributed by atoms with van der Waals surface area (Å²) in [6, 6.07) is 10.2. The van der Waals surface area contributed by atoms with Gasteiger partial charge in [-0.1, -0.05) is 24.6 Å². The van der Waals surface area contributed by atoms with Crippen LogP contribution >= 0.6 is 0 Å². The van der Waals surface area contributed by atoms with Crippen LogP contribution in [0.15, 0.2) is 30.3 Å². The fraction of sp³-hybridized carbons (Fsp3) is 0.533. The van der Waals surface area contributed by atoms with Crippen molar-refractivity contribution in [2.45, 2.75) is 25.7 Å². The average Bonchev–Trinajstić information content (AvgIpc) is 2.44. The molecule has 0 atom stereocenters. The van der Waals surface area contributed by atoms with E-state index in [-0.39, 0.29) is 5.91 Å². The third-order valence-electron chi connectivity index (χ3n) is 3.07. The summed E-state index contributed by atoms with van der Waals surface area (Å²) >= 11 is 0. The molecule has 1 aromatic carbocycles. The number of carbonyl (C=O) groups is 1. The summed E-state index contributed by atoms with van der Waals surface area (Å²) in [5.41, 5.74) is 6.57. The molecule has 0 heterocycles. The summed E-state index contributed by atoms with van der Waals surface area (Å²) in [5, 5.41) is 2.95. The van der Waals surface area contributed by atoms with E-state index < -0.39 is 0 Å². The number of nitrogens with two attached hydrogens (primary N) is 1. The van der Waals surface area contributed by atoms with Crippen molar-refractivity contribution in [3.8, 4) is 0 Å². The number of nitrogens with zero attached hydrogens (tertiary/aromatic N) is 1. The molecule has 0 radical (unpaired) electrons. The number of hydrogen-bond donors (Lipinski definition) is 2. The minimum absolute atomic E-state index is 0.137. The first-order valence-corrected chi connectivity index (χ1v) is 6.97. The molecule has 0 aliphatic carbocycles. The molecule has 0 bridgehead atoms. The van der Waals surface area contributed by atoms with Gasteiger partial charge < -0.3 is 16.0 Å².